The molecule has 37 heavy (non-hydrogen) atoms. The van der Waals surface area contributed by atoms with Gasteiger partial charge in [0.05, 0.1) is 25.5 Å². The number of aromatic nitrogens is 4. The van der Waals surface area contributed by atoms with Crippen molar-refractivity contribution in [1.29, 1.82) is 5.26 Å². The molecule has 0 spiro atoms. The third-order valence-electron chi connectivity index (χ3n) is 5.64. The van der Waals surface area contributed by atoms with Crippen LogP contribution in [0.5, 0.6) is 11.5 Å². The van der Waals surface area contributed by atoms with Crippen molar-refractivity contribution in [2.75, 3.05) is 18.9 Å². The molecular formula is C24H24N6O6S. The highest BCUT2D eigenvalue weighted by Crippen LogP contribution is 2.38. The second kappa shape index (κ2) is 10.3. The van der Waals surface area contributed by atoms with Gasteiger partial charge < -0.3 is 19.0 Å². The van der Waals surface area contributed by atoms with Gasteiger partial charge in [-0.25, -0.2) is 8.42 Å². The van der Waals surface area contributed by atoms with Gasteiger partial charge in [0.1, 0.15) is 40.4 Å². The number of pyridine rings is 1. The lowest BCUT2D eigenvalue weighted by atomic mass is 10.1. The largest absolute Gasteiger partial charge is 0.494 e. The Morgan fingerprint density at radius 3 is 2.35 bits per heavy atom. The number of para-hydroxylation sites is 1. The summed E-state index contributed by atoms with van der Waals surface area (Å²) in [4.78, 5) is 4.00. The summed E-state index contributed by atoms with van der Waals surface area (Å²) in [6, 6.07) is 13.3. The van der Waals surface area contributed by atoms with E-state index in [1.54, 1.807) is 37.3 Å². The number of ether oxygens (including phenoxy) is 2. The molecule has 4 aromatic rings. The van der Waals surface area contributed by atoms with E-state index in [1.807, 2.05) is 6.07 Å². The molecule has 0 saturated heterocycles. The normalized spacial score (nSPS) is 13.0. The number of benzene rings is 1. The van der Waals surface area contributed by atoms with E-state index >= 15 is 0 Å². The molecule has 0 aliphatic rings. The van der Waals surface area contributed by atoms with Crippen molar-refractivity contribution in [3.05, 3.63) is 65.7 Å². The number of hydrogen-bond acceptors (Lipinski definition) is 10. The number of anilines is 1. The molecule has 0 saturated carbocycles. The summed E-state index contributed by atoms with van der Waals surface area (Å²) in [5.74, 6) is 1.68. The van der Waals surface area contributed by atoms with E-state index in [-0.39, 0.29) is 23.0 Å². The number of rotatable bonds is 9. The molecule has 2 N–H and O–H groups in total. The second-order valence-corrected chi connectivity index (χ2v) is 10.0. The highest BCUT2D eigenvalue weighted by Gasteiger charge is 2.33. The van der Waals surface area contributed by atoms with Gasteiger partial charge in [0.15, 0.2) is 5.76 Å². The summed E-state index contributed by atoms with van der Waals surface area (Å²) in [6.07, 6.45) is -0.234. The fourth-order valence-corrected chi connectivity index (χ4v) is 4.66. The summed E-state index contributed by atoms with van der Waals surface area (Å²) in [6.45, 7) is 3.09. The summed E-state index contributed by atoms with van der Waals surface area (Å²) in [5, 5.41) is 26.6. The number of aryl methyl sites for hydroxylation is 1. The van der Waals surface area contributed by atoms with Gasteiger partial charge in [0.2, 0.25) is 21.8 Å². The number of sulfonamides is 1. The predicted molar refractivity (Wildman–Crippen MR) is 133 cm³/mol. The third kappa shape index (κ3) is 4.97. The van der Waals surface area contributed by atoms with E-state index in [1.165, 1.54) is 44.0 Å². The first-order valence-corrected chi connectivity index (χ1v) is 12.5. The van der Waals surface area contributed by atoms with Crippen LogP contribution in [0.2, 0.25) is 0 Å². The monoisotopic (exact) mass is 524 g/mol. The summed E-state index contributed by atoms with van der Waals surface area (Å²) < 4.78 is 47.3. The van der Waals surface area contributed by atoms with Crippen LogP contribution in [0.3, 0.4) is 0 Å². The first-order valence-electron chi connectivity index (χ1n) is 11.0. The van der Waals surface area contributed by atoms with Crippen LogP contribution < -0.4 is 14.2 Å². The van der Waals surface area contributed by atoms with Crippen molar-refractivity contribution in [3.8, 4) is 34.8 Å². The van der Waals surface area contributed by atoms with Gasteiger partial charge in [-0.3, -0.25) is 14.3 Å². The van der Waals surface area contributed by atoms with Gasteiger partial charge in [0.25, 0.3) is 0 Å². The van der Waals surface area contributed by atoms with Crippen LogP contribution in [0, 0.1) is 18.3 Å². The van der Waals surface area contributed by atoms with Crippen LogP contribution in [0.4, 0.5) is 5.95 Å². The Morgan fingerprint density at radius 1 is 1.11 bits per heavy atom. The highest BCUT2D eigenvalue weighted by atomic mass is 32.2. The summed E-state index contributed by atoms with van der Waals surface area (Å²) >= 11 is 0. The van der Waals surface area contributed by atoms with Gasteiger partial charge in [-0.2, -0.15) is 5.26 Å². The van der Waals surface area contributed by atoms with Gasteiger partial charge in [-0.05, 0) is 50.2 Å². The molecule has 0 fully saturated rings. The topological polar surface area (TPSA) is 165 Å². The lowest BCUT2D eigenvalue weighted by Crippen LogP contribution is -2.32. The minimum absolute atomic E-state index is 0.0940. The van der Waals surface area contributed by atoms with E-state index < -0.39 is 21.4 Å². The first-order chi connectivity index (χ1) is 17.7. The van der Waals surface area contributed by atoms with Crippen LogP contribution in [-0.4, -0.2) is 52.7 Å². The van der Waals surface area contributed by atoms with Crippen LogP contribution >= 0.6 is 0 Å². The van der Waals surface area contributed by atoms with Crippen molar-refractivity contribution in [1.82, 2.24) is 19.7 Å². The number of hydrogen-bond donors (Lipinski definition) is 2. The molecule has 0 aliphatic carbocycles. The number of nitriles is 1. The molecule has 0 radical (unpaired) electrons. The maximum atomic E-state index is 13.4. The average Bonchev–Trinajstić information content (AvgIpc) is 3.52. The zero-order valence-corrected chi connectivity index (χ0v) is 21.2. The molecule has 13 heteroatoms. The van der Waals surface area contributed by atoms with Crippen LogP contribution in [0.1, 0.15) is 30.0 Å². The van der Waals surface area contributed by atoms with Gasteiger partial charge in [-0.1, -0.05) is 6.07 Å². The zero-order valence-electron chi connectivity index (χ0n) is 20.4. The Bertz CT molecular complexity index is 1530. The second-order valence-electron chi connectivity index (χ2n) is 7.98. The predicted octanol–water partition coefficient (Wildman–Crippen LogP) is 2.98. The van der Waals surface area contributed by atoms with Crippen LogP contribution in [0.25, 0.3) is 17.3 Å². The summed E-state index contributed by atoms with van der Waals surface area (Å²) in [7, 11) is -1.32. The molecule has 3 heterocycles. The number of nitrogens with zero attached hydrogens (tertiary/aromatic N) is 5. The molecule has 4 rings (SSSR count). The minimum Gasteiger partial charge on any atom is -0.494 e. The molecule has 0 bridgehead atoms. The van der Waals surface area contributed by atoms with Crippen LogP contribution in [0.15, 0.2) is 53.1 Å². The Balaban J connectivity index is 1.79. The van der Waals surface area contributed by atoms with E-state index in [0.717, 1.165) is 0 Å². The van der Waals surface area contributed by atoms with Crippen molar-refractivity contribution in [2.45, 2.75) is 25.2 Å². The molecule has 2 atom stereocenters. The van der Waals surface area contributed by atoms with Crippen molar-refractivity contribution < 1.29 is 27.4 Å². The van der Waals surface area contributed by atoms with Crippen molar-refractivity contribution in [2.24, 2.45) is 0 Å². The molecular weight excluding hydrogens is 500 g/mol. The fraction of sp³-hybridized carbons (Fsp3) is 0.250. The van der Waals surface area contributed by atoms with Crippen LogP contribution in [-0.2, 0) is 10.0 Å². The number of aliphatic hydroxyl groups is 1. The zero-order chi connectivity index (χ0) is 26.7. The first kappa shape index (κ1) is 25.7. The van der Waals surface area contributed by atoms with Gasteiger partial charge in [-0.15, -0.1) is 10.2 Å². The third-order valence-corrected chi connectivity index (χ3v) is 7.34. The Morgan fingerprint density at radius 2 is 1.81 bits per heavy atom. The Hall–Kier alpha value is -4.41. The number of furan rings is 1. The standard InChI is InChI=1S/C24H24N6O6S/c1-14-8-11-20(36-14)23-27-28-24(30(23)21-18(34-3)6-5-7-19(21)35-4)29-37(32,33)15(2)22(31)17-10-9-16(12-25)13-26-17/h5-11,13,15,22,31H,1-4H3,(H,28,29)/t15-,22+/m1/s1. The van der Waals surface area contributed by atoms with E-state index in [0.29, 0.717) is 28.7 Å². The number of aliphatic hydroxyl groups excluding tert-OH is 1. The SMILES string of the molecule is COc1cccc(OC)c1-n1c(NS(=O)(=O)[C@H](C)[C@H](O)c2ccc(C#N)cn2)nnc1-c1ccc(C)o1. The molecule has 0 unspecified atom stereocenters. The molecule has 3 aromatic heterocycles. The molecule has 12 nitrogen and oxygen atoms in total. The highest BCUT2D eigenvalue weighted by molar-refractivity contribution is 7.93. The van der Waals surface area contributed by atoms with Gasteiger partial charge >= 0.3 is 0 Å². The Kier molecular flexibility index (Phi) is 7.14. The maximum Gasteiger partial charge on any atom is 0.243 e. The molecule has 192 valence electrons. The molecule has 0 aliphatic heterocycles. The molecule has 0 amide bonds. The average molecular weight is 525 g/mol. The lowest BCUT2D eigenvalue weighted by Gasteiger charge is -2.21. The smallest absolute Gasteiger partial charge is 0.243 e. The molecule has 1 aromatic carbocycles. The van der Waals surface area contributed by atoms with Crippen molar-refractivity contribution >= 4 is 16.0 Å². The quantitative estimate of drug-likeness (QED) is 0.332. The van der Waals surface area contributed by atoms with Crippen molar-refractivity contribution in [3.63, 3.8) is 0 Å². The maximum absolute atomic E-state index is 13.4. The lowest BCUT2D eigenvalue weighted by molar-refractivity contribution is 0.171. The van der Waals surface area contributed by atoms with Gasteiger partial charge in [0, 0.05) is 6.20 Å². The Labute approximate surface area is 213 Å². The van der Waals surface area contributed by atoms with E-state index in [9.17, 15) is 13.5 Å². The van der Waals surface area contributed by atoms with E-state index in [2.05, 4.69) is 19.9 Å². The minimum atomic E-state index is -4.25. The van der Waals surface area contributed by atoms with E-state index in [4.69, 9.17) is 19.2 Å². The fourth-order valence-electron chi connectivity index (χ4n) is 3.61. The number of nitrogens with one attached hydrogen (secondary N) is 1. The summed E-state index contributed by atoms with van der Waals surface area (Å²) in [5.41, 5.74) is 0.710. The number of methoxy groups -OCH3 is 2.